The molecule has 0 spiro atoms. The fourth-order valence-electron chi connectivity index (χ4n) is 6.48. The van der Waals surface area contributed by atoms with Crippen molar-refractivity contribution in [3.63, 3.8) is 0 Å². The average molecular weight is 549 g/mol. The van der Waals surface area contributed by atoms with E-state index >= 15 is 0 Å². The highest BCUT2D eigenvalue weighted by Crippen LogP contribution is 2.42. The number of ether oxygens (including phenoxy) is 2. The highest BCUT2D eigenvalue weighted by molar-refractivity contribution is 6.02. The smallest absolute Gasteiger partial charge is 0.315 e. The van der Waals surface area contributed by atoms with E-state index in [-0.39, 0.29) is 24.6 Å². The molecule has 0 aromatic heterocycles. The van der Waals surface area contributed by atoms with Crippen LogP contribution >= 0.6 is 0 Å². The van der Waals surface area contributed by atoms with Gasteiger partial charge < -0.3 is 9.47 Å². The maximum atomic E-state index is 12.9. The van der Waals surface area contributed by atoms with Crippen LogP contribution in [0.4, 0.5) is 0 Å². The van der Waals surface area contributed by atoms with Gasteiger partial charge in [-0.1, -0.05) is 140 Å². The molecule has 1 fully saturated rings. The third-order valence-electron chi connectivity index (χ3n) is 8.60. The van der Waals surface area contributed by atoms with E-state index < -0.39 is 5.60 Å². The Morgan fingerprint density at radius 1 is 0.595 bits per heavy atom. The van der Waals surface area contributed by atoms with Gasteiger partial charge in [-0.3, -0.25) is 4.79 Å². The number of rotatable bonds is 9. The van der Waals surface area contributed by atoms with Crippen LogP contribution in [0.5, 0.6) is 0 Å². The number of fused-ring (bicyclic) bond motifs is 2. The van der Waals surface area contributed by atoms with E-state index in [1.807, 2.05) is 54.6 Å². The van der Waals surface area contributed by atoms with Gasteiger partial charge in [0, 0.05) is 0 Å². The summed E-state index contributed by atoms with van der Waals surface area (Å²) in [5, 5.41) is 4.97. The van der Waals surface area contributed by atoms with Crippen LogP contribution in [0.3, 0.4) is 0 Å². The van der Waals surface area contributed by atoms with E-state index in [0.717, 1.165) is 29.5 Å². The van der Waals surface area contributed by atoms with Gasteiger partial charge in [0.05, 0.1) is 6.61 Å². The summed E-state index contributed by atoms with van der Waals surface area (Å²) in [7, 11) is 0. The zero-order valence-corrected chi connectivity index (χ0v) is 23.4. The molecule has 0 amide bonds. The Bertz CT molecular complexity index is 1680. The molecule has 1 saturated heterocycles. The van der Waals surface area contributed by atoms with Crippen molar-refractivity contribution in [1.29, 1.82) is 0 Å². The molecule has 1 aliphatic heterocycles. The Morgan fingerprint density at radius 3 is 1.52 bits per heavy atom. The largest absolute Gasteiger partial charge is 0.461 e. The zero-order chi connectivity index (χ0) is 28.4. The molecular weight excluding hydrogens is 516 g/mol. The van der Waals surface area contributed by atoms with Gasteiger partial charge in [-0.2, -0.15) is 0 Å². The molecule has 2 atom stereocenters. The SMILES string of the molecule is O=C1O[C@@H](CCc2c3ccccc3cc3ccccc23)[C@@H]1COC(c1ccccc1)(c1ccccc1)c1ccccc1. The quantitative estimate of drug-likeness (QED) is 0.103. The zero-order valence-electron chi connectivity index (χ0n) is 23.4. The molecule has 206 valence electrons. The molecule has 1 heterocycles. The monoisotopic (exact) mass is 548 g/mol. The Labute approximate surface area is 246 Å². The minimum atomic E-state index is -0.865. The molecule has 0 unspecified atom stereocenters. The fourth-order valence-corrected chi connectivity index (χ4v) is 6.48. The van der Waals surface area contributed by atoms with E-state index in [4.69, 9.17) is 9.47 Å². The van der Waals surface area contributed by atoms with Gasteiger partial charge >= 0.3 is 5.97 Å². The van der Waals surface area contributed by atoms with Crippen LogP contribution in [0.1, 0.15) is 28.7 Å². The predicted molar refractivity (Wildman–Crippen MR) is 168 cm³/mol. The van der Waals surface area contributed by atoms with E-state index in [1.165, 1.54) is 27.1 Å². The number of aryl methyl sites for hydroxylation is 1. The first kappa shape index (κ1) is 26.2. The Kier molecular flexibility index (Phi) is 7.03. The number of cyclic esters (lactones) is 1. The normalized spacial score (nSPS) is 16.7. The van der Waals surface area contributed by atoms with Crippen LogP contribution in [0.25, 0.3) is 21.5 Å². The summed E-state index contributed by atoms with van der Waals surface area (Å²) in [5.74, 6) is -0.521. The fraction of sp³-hybridized carbons (Fsp3) is 0.154. The summed E-state index contributed by atoms with van der Waals surface area (Å²) >= 11 is 0. The molecule has 3 nitrogen and oxygen atoms in total. The van der Waals surface area contributed by atoms with Crippen LogP contribution in [-0.2, 0) is 26.3 Å². The minimum Gasteiger partial charge on any atom is -0.461 e. The average Bonchev–Trinajstić information content (AvgIpc) is 3.05. The van der Waals surface area contributed by atoms with Crippen LogP contribution in [-0.4, -0.2) is 18.7 Å². The molecule has 1 aliphatic rings. The maximum Gasteiger partial charge on any atom is 0.315 e. The van der Waals surface area contributed by atoms with Gasteiger partial charge in [-0.25, -0.2) is 0 Å². The van der Waals surface area contributed by atoms with E-state index in [0.29, 0.717) is 0 Å². The lowest BCUT2D eigenvalue weighted by Crippen LogP contribution is -2.49. The molecule has 42 heavy (non-hydrogen) atoms. The van der Waals surface area contributed by atoms with Crippen molar-refractivity contribution < 1.29 is 14.3 Å². The number of hydrogen-bond donors (Lipinski definition) is 0. The molecule has 0 saturated carbocycles. The number of benzene rings is 6. The first-order valence-corrected chi connectivity index (χ1v) is 14.6. The van der Waals surface area contributed by atoms with Gasteiger partial charge in [0.1, 0.15) is 17.6 Å². The van der Waals surface area contributed by atoms with Crippen LogP contribution in [0, 0.1) is 5.92 Å². The van der Waals surface area contributed by atoms with Gasteiger partial charge in [0.2, 0.25) is 0 Å². The van der Waals surface area contributed by atoms with Crippen molar-refractivity contribution in [2.24, 2.45) is 5.92 Å². The number of hydrogen-bond acceptors (Lipinski definition) is 3. The molecule has 0 N–H and O–H groups in total. The first-order valence-electron chi connectivity index (χ1n) is 14.6. The number of carbonyl (C=O) groups is 1. The third kappa shape index (κ3) is 4.66. The summed E-state index contributed by atoms with van der Waals surface area (Å²) in [5.41, 5.74) is 3.51. The molecule has 7 rings (SSSR count). The molecule has 0 bridgehead atoms. The molecule has 0 aliphatic carbocycles. The van der Waals surface area contributed by atoms with Crippen molar-refractivity contribution in [1.82, 2.24) is 0 Å². The Morgan fingerprint density at radius 2 is 1.05 bits per heavy atom. The van der Waals surface area contributed by atoms with Crippen molar-refractivity contribution in [2.45, 2.75) is 24.5 Å². The first-order chi connectivity index (χ1) is 20.7. The second-order valence-electron chi connectivity index (χ2n) is 11.0. The van der Waals surface area contributed by atoms with Crippen molar-refractivity contribution in [3.8, 4) is 0 Å². The maximum absolute atomic E-state index is 12.9. The molecule has 6 aromatic carbocycles. The highest BCUT2D eigenvalue weighted by atomic mass is 16.6. The third-order valence-corrected chi connectivity index (χ3v) is 8.60. The highest BCUT2D eigenvalue weighted by Gasteiger charge is 2.46. The minimum absolute atomic E-state index is 0.189. The second-order valence-corrected chi connectivity index (χ2v) is 11.0. The second kappa shape index (κ2) is 11.3. The summed E-state index contributed by atoms with van der Waals surface area (Å²) in [6.07, 6.45) is 1.36. The molecule has 6 aromatic rings. The molecular formula is C39H32O3. The van der Waals surface area contributed by atoms with Crippen LogP contribution < -0.4 is 0 Å². The van der Waals surface area contributed by atoms with E-state index in [1.54, 1.807) is 0 Å². The lowest BCUT2D eigenvalue weighted by atomic mass is 9.79. The molecule has 0 radical (unpaired) electrons. The van der Waals surface area contributed by atoms with Crippen molar-refractivity contribution in [3.05, 3.63) is 168 Å². The topological polar surface area (TPSA) is 35.5 Å². The van der Waals surface area contributed by atoms with Gasteiger partial charge in [0.15, 0.2) is 0 Å². The van der Waals surface area contributed by atoms with Crippen molar-refractivity contribution >= 4 is 27.5 Å². The van der Waals surface area contributed by atoms with Gasteiger partial charge in [0.25, 0.3) is 0 Å². The molecule has 3 heteroatoms. The van der Waals surface area contributed by atoms with E-state index in [9.17, 15) is 4.79 Å². The standard InChI is InChI=1S/C39H32O3/c40-38-36(37(42-38)25-24-35-33-22-12-10-14-28(33)26-29-15-11-13-23-34(29)35)27-41-39(30-16-4-1-5-17-30,31-18-6-2-7-19-31)32-20-8-3-9-21-32/h1-23,26,36-37H,24-25,27H2/t36-,37-/m0/s1. The lowest BCUT2D eigenvalue weighted by molar-refractivity contribution is -0.194. The predicted octanol–water partition coefficient (Wildman–Crippen LogP) is 8.48. The summed E-state index contributed by atoms with van der Waals surface area (Å²) < 4.78 is 12.7. The Balaban J connectivity index is 1.19. The summed E-state index contributed by atoms with van der Waals surface area (Å²) in [4.78, 5) is 12.9. The van der Waals surface area contributed by atoms with Crippen LogP contribution in [0.15, 0.2) is 146 Å². The van der Waals surface area contributed by atoms with Gasteiger partial charge in [-0.15, -0.1) is 0 Å². The van der Waals surface area contributed by atoms with Gasteiger partial charge in [-0.05, 0) is 62.7 Å². The lowest BCUT2D eigenvalue weighted by Gasteiger charge is -2.40. The summed E-state index contributed by atoms with van der Waals surface area (Å²) in [6.45, 7) is 0.262. The number of carbonyl (C=O) groups excluding carboxylic acids is 1. The van der Waals surface area contributed by atoms with Crippen molar-refractivity contribution in [2.75, 3.05) is 6.61 Å². The summed E-state index contributed by atoms with van der Waals surface area (Å²) in [6, 6.07) is 50.2. The Hall–Kier alpha value is -4.73. The van der Waals surface area contributed by atoms with Crippen LogP contribution in [0.2, 0.25) is 0 Å². The van der Waals surface area contributed by atoms with E-state index in [2.05, 4.69) is 91.0 Å². The number of esters is 1.